The standard InChI is InChI=1S/C19H17FN4O/c1-14(16-6-8-18(9-7-16)24-13-21-12-22-24)23-19(25)10-5-15-3-2-4-17(20)11-15/h2-14H,1H3,(H,23,25)/b10-5+/t14-/m1/s1. The van der Waals surface area contributed by atoms with Gasteiger partial charge in [0, 0.05) is 6.08 Å². The van der Waals surface area contributed by atoms with Crippen LogP contribution in [0.1, 0.15) is 24.1 Å². The highest BCUT2D eigenvalue weighted by atomic mass is 19.1. The first-order chi connectivity index (χ1) is 12.1. The summed E-state index contributed by atoms with van der Waals surface area (Å²) in [6, 6.07) is 13.6. The lowest BCUT2D eigenvalue weighted by Crippen LogP contribution is -2.24. The van der Waals surface area contributed by atoms with E-state index in [2.05, 4.69) is 15.4 Å². The molecule has 0 aliphatic carbocycles. The number of nitrogens with one attached hydrogen (secondary N) is 1. The van der Waals surface area contributed by atoms with Gasteiger partial charge in [0.25, 0.3) is 0 Å². The molecule has 0 unspecified atom stereocenters. The minimum Gasteiger partial charge on any atom is -0.346 e. The Hall–Kier alpha value is -3.28. The highest BCUT2D eigenvalue weighted by molar-refractivity contribution is 5.91. The number of halogens is 1. The fraction of sp³-hybridized carbons (Fsp3) is 0.105. The van der Waals surface area contributed by atoms with Crippen molar-refractivity contribution in [3.8, 4) is 5.69 Å². The van der Waals surface area contributed by atoms with Gasteiger partial charge < -0.3 is 5.32 Å². The van der Waals surface area contributed by atoms with Crippen LogP contribution in [-0.4, -0.2) is 20.7 Å². The summed E-state index contributed by atoms with van der Waals surface area (Å²) in [5.74, 6) is -0.569. The molecule has 0 spiro atoms. The van der Waals surface area contributed by atoms with Crippen molar-refractivity contribution in [1.82, 2.24) is 20.1 Å². The van der Waals surface area contributed by atoms with E-state index < -0.39 is 0 Å². The van der Waals surface area contributed by atoms with E-state index in [4.69, 9.17) is 0 Å². The molecule has 25 heavy (non-hydrogen) atoms. The summed E-state index contributed by atoms with van der Waals surface area (Å²) in [6.45, 7) is 1.90. The molecule has 0 saturated heterocycles. The molecule has 1 heterocycles. The highest BCUT2D eigenvalue weighted by Gasteiger charge is 2.08. The molecule has 0 bridgehead atoms. The van der Waals surface area contributed by atoms with E-state index in [0.29, 0.717) is 5.56 Å². The average molecular weight is 336 g/mol. The molecule has 1 atom stereocenters. The van der Waals surface area contributed by atoms with Crippen LogP contribution in [0.5, 0.6) is 0 Å². The Labute approximate surface area is 144 Å². The molecule has 0 aliphatic heterocycles. The van der Waals surface area contributed by atoms with Crippen LogP contribution in [0.2, 0.25) is 0 Å². The van der Waals surface area contributed by atoms with Crippen LogP contribution >= 0.6 is 0 Å². The zero-order valence-electron chi connectivity index (χ0n) is 13.6. The Morgan fingerprint density at radius 1 is 1.24 bits per heavy atom. The van der Waals surface area contributed by atoms with Gasteiger partial charge in [-0.1, -0.05) is 24.3 Å². The Morgan fingerprint density at radius 3 is 2.72 bits per heavy atom. The maximum absolute atomic E-state index is 13.1. The van der Waals surface area contributed by atoms with Gasteiger partial charge in [-0.05, 0) is 48.4 Å². The molecule has 5 nitrogen and oxygen atoms in total. The van der Waals surface area contributed by atoms with Gasteiger partial charge in [-0.2, -0.15) is 5.10 Å². The zero-order chi connectivity index (χ0) is 17.6. The third kappa shape index (κ3) is 4.38. The topological polar surface area (TPSA) is 59.8 Å². The molecule has 6 heteroatoms. The molecule has 3 rings (SSSR count). The molecule has 0 radical (unpaired) electrons. The Balaban J connectivity index is 1.61. The molecule has 1 amide bonds. The molecular weight excluding hydrogens is 319 g/mol. The molecule has 1 aromatic heterocycles. The van der Waals surface area contributed by atoms with Gasteiger partial charge in [0.05, 0.1) is 11.7 Å². The van der Waals surface area contributed by atoms with E-state index in [1.54, 1.807) is 29.2 Å². The van der Waals surface area contributed by atoms with Crippen LogP contribution in [0.4, 0.5) is 4.39 Å². The quantitative estimate of drug-likeness (QED) is 0.727. The van der Waals surface area contributed by atoms with Crippen LogP contribution < -0.4 is 5.32 Å². The molecule has 0 aliphatic rings. The first-order valence-electron chi connectivity index (χ1n) is 7.81. The van der Waals surface area contributed by atoms with Gasteiger partial charge in [0.15, 0.2) is 0 Å². The molecule has 126 valence electrons. The van der Waals surface area contributed by atoms with Crippen molar-refractivity contribution in [3.05, 3.63) is 84.2 Å². The van der Waals surface area contributed by atoms with Gasteiger partial charge in [-0.25, -0.2) is 14.1 Å². The number of rotatable bonds is 5. The van der Waals surface area contributed by atoms with Crippen LogP contribution in [0.25, 0.3) is 11.8 Å². The summed E-state index contributed by atoms with van der Waals surface area (Å²) in [5, 5.41) is 6.95. The number of carbonyl (C=O) groups is 1. The van der Waals surface area contributed by atoms with E-state index in [9.17, 15) is 9.18 Å². The Kier molecular flexibility index (Phi) is 4.99. The third-order valence-electron chi connectivity index (χ3n) is 3.71. The van der Waals surface area contributed by atoms with E-state index in [1.807, 2.05) is 31.2 Å². The fourth-order valence-electron chi connectivity index (χ4n) is 2.38. The number of nitrogens with zero attached hydrogens (tertiary/aromatic N) is 3. The minimum atomic E-state index is -0.330. The Bertz CT molecular complexity index is 873. The van der Waals surface area contributed by atoms with Crippen molar-refractivity contribution in [2.24, 2.45) is 0 Å². The summed E-state index contributed by atoms with van der Waals surface area (Å²) in [5.41, 5.74) is 2.50. The average Bonchev–Trinajstić information content (AvgIpc) is 3.15. The monoisotopic (exact) mass is 336 g/mol. The number of benzene rings is 2. The second kappa shape index (κ2) is 7.53. The number of carbonyl (C=O) groups excluding carboxylic acids is 1. The summed E-state index contributed by atoms with van der Waals surface area (Å²) in [6.07, 6.45) is 6.08. The van der Waals surface area contributed by atoms with Gasteiger partial charge in [-0.15, -0.1) is 0 Å². The molecule has 3 aromatic rings. The minimum absolute atomic E-state index is 0.158. The predicted molar refractivity (Wildman–Crippen MR) is 93.4 cm³/mol. The number of amides is 1. The summed E-state index contributed by atoms with van der Waals surface area (Å²) in [4.78, 5) is 15.9. The van der Waals surface area contributed by atoms with E-state index in [-0.39, 0.29) is 17.8 Å². The number of aromatic nitrogens is 3. The Morgan fingerprint density at radius 2 is 2.04 bits per heavy atom. The van der Waals surface area contributed by atoms with Crippen molar-refractivity contribution in [2.45, 2.75) is 13.0 Å². The van der Waals surface area contributed by atoms with Crippen molar-refractivity contribution >= 4 is 12.0 Å². The van der Waals surface area contributed by atoms with E-state index >= 15 is 0 Å². The zero-order valence-corrected chi connectivity index (χ0v) is 13.6. The molecule has 2 aromatic carbocycles. The lowest BCUT2D eigenvalue weighted by atomic mass is 10.1. The van der Waals surface area contributed by atoms with Gasteiger partial charge in [0.1, 0.15) is 18.5 Å². The van der Waals surface area contributed by atoms with Crippen LogP contribution in [0.15, 0.2) is 67.3 Å². The van der Waals surface area contributed by atoms with Gasteiger partial charge in [0.2, 0.25) is 5.91 Å². The van der Waals surface area contributed by atoms with Crippen LogP contribution in [-0.2, 0) is 4.79 Å². The lowest BCUT2D eigenvalue weighted by Gasteiger charge is -2.13. The van der Waals surface area contributed by atoms with Gasteiger partial charge >= 0.3 is 0 Å². The summed E-state index contributed by atoms with van der Waals surface area (Å²) >= 11 is 0. The SMILES string of the molecule is C[C@@H](NC(=O)/C=C/c1cccc(F)c1)c1ccc(-n2cncn2)cc1. The second-order valence-electron chi connectivity index (χ2n) is 5.55. The van der Waals surface area contributed by atoms with E-state index in [0.717, 1.165) is 11.3 Å². The van der Waals surface area contributed by atoms with Crippen LogP contribution in [0, 0.1) is 5.82 Å². The maximum Gasteiger partial charge on any atom is 0.244 e. The second-order valence-corrected chi connectivity index (χ2v) is 5.55. The van der Waals surface area contributed by atoms with Crippen molar-refractivity contribution in [2.75, 3.05) is 0 Å². The van der Waals surface area contributed by atoms with Crippen LogP contribution in [0.3, 0.4) is 0 Å². The first-order valence-corrected chi connectivity index (χ1v) is 7.81. The largest absolute Gasteiger partial charge is 0.346 e. The van der Waals surface area contributed by atoms with Crippen molar-refractivity contribution in [3.63, 3.8) is 0 Å². The predicted octanol–water partition coefficient (Wildman–Crippen LogP) is 3.30. The number of hydrogen-bond donors (Lipinski definition) is 1. The normalized spacial score (nSPS) is 12.2. The first kappa shape index (κ1) is 16.6. The smallest absolute Gasteiger partial charge is 0.244 e. The van der Waals surface area contributed by atoms with E-state index in [1.165, 1.54) is 24.5 Å². The summed E-state index contributed by atoms with van der Waals surface area (Å²) < 4.78 is 14.8. The summed E-state index contributed by atoms with van der Waals surface area (Å²) in [7, 11) is 0. The molecule has 1 N–H and O–H groups in total. The molecular formula is C19H17FN4O. The van der Waals surface area contributed by atoms with Crippen molar-refractivity contribution in [1.29, 1.82) is 0 Å². The number of hydrogen-bond acceptors (Lipinski definition) is 3. The maximum atomic E-state index is 13.1. The van der Waals surface area contributed by atoms with Gasteiger partial charge in [-0.3, -0.25) is 4.79 Å². The van der Waals surface area contributed by atoms with Crippen molar-refractivity contribution < 1.29 is 9.18 Å². The lowest BCUT2D eigenvalue weighted by molar-refractivity contribution is -0.117. The fourth-order valence-corrected chi connectivity index (χ4v) is 2.38. The molecule has 0 fully saturated rings. The molecule has 0 saturated carbocycles. The third-order valence-corrected chi connectivity index (χ3v) is 3.71. The highest BCUT2D eigenvalue weighted by Crippen LogP contribution is 2.15.